The standard InChI is InChI=1S/C15H23Cl2N2.C4H6O6/c1-2-4-19(5-3-12(9-18)10-19)11-13-6-14(16)8-15(17)7-13;5-1(3(7)8)2(6)4(9)10/h6-8,12H,2-5,9-11,18H2,1H3;1-2,5-6H,(H,7,8)(H,9,10)/q+1;/t12-,19?;/m1./s1. The molecule has 8 nitrogen and oxygen atoms in total. The summed E-state index contributed by atoms with van der Waals surface area (Å²) in [6.07, 6.45) is -2.09. The quantitative estimate of drug-likeness (QED) is 0.377. The lowest BCUT2D eigenvalue weighted by molar-refractivity contribution is -0.931. The van der Waals surface area contributed by atoms with Crippen LogP contribution in [0.25, 0.3) is 0 Å². The molecule has 0 bridgehead atoms. The lowest BCUT2D eigenvalue weighted by Crippen LogP contribution is -2.46. The van der Waals surface area contributed by atoms with Gasteiger partial charge in [0.2, 0.25) is 0 Å². The number of quaternary nitrogens is 1. The van der Waals surface area contributed by atoms with E-state index >= 15 is 0 Å². The van der Waals surface area contributed by atoms with Crippen LogP contribution in [0.1, 0.15) is 25.3 Å². The third-order valence-corrected chi connectivity index (χ3v) is 5.37. The molecular formula is C19H29Cl2N2O6+. The monoisotopic (exact) mass is 451 g/mol. The molecule has 0 radical (unpaired) electrons. The first kappa shape index (κ1) is 25.6. The van der Waals surface area contributed by atoms with E-state index in [1.807, 2.05) is 12.1 Å². The number of aliphatic carboxylic acids is 2. The van der Waals surface area contributed by atoms with Gasteiger partial charge in [-0.15, -0.1) is 0 Å². The second kappa shape index (κ2) is 11.7. The van der Waals surface area contributed by atoms with Crippen LogP contribution in [-0.2, 0) is 16.1 Å². The van der Waals surface area contributed by atoms with Gasteiger partial charge in [-0.05, 0) is 24.6 Å². The van der Waals surface area contributed by atoms with Crippen molar-refractivity contribution >= 4 is 35.1 Å². The van der Waals surface area contributed by atoms with Crippen LogP contribution in [0.3, 0.4) is 0 Å². The van der Waals surface area contributed by atoms with Crippen LogP contribution in [-0.4, -0.2) is 75.2 Å². The van der Waals surface area contributed by atoms with Gasteiger partial charge in [-0.25, -0.2) is 9.59 Å². The van der Waals surface area contributed by atoms with E-state index in [2.05, 4.69) is 6.92 Å². The Hall–Kier alpha value is -1.42. The number of carboxylic acids is 2. The Morgan fingerprint density at radius 1 is 1.14 bits per heavy atom. The van der Waals surface area contributed by atoms with Gasteiger partial charge in [0.15, 0.2) is 12.2 Å². The van der Waals surface area contributed by atoms with Crippen molar-refractivity contribution in [1.29, 1.82) is 0 Å². The third-order valence-electron chi connectivity index (χ3n) is 4.93. The molecule has 6 N–H and O–H groups in total. The van der Waals surface area contributed by atoms with Gasteiger partial charge >= 0.3 is 11.9 Å². The fourth-order valence-corrected chi connectivity index (χ4v) is 4.21. The van der Waals surface area contributed by atoms with Gasteiger partial charge in [0, 0.05) is 34.5 Å². The summed E-state index contributed by atoms with van der Waals surface area (Å²) < 4.78 is 1.13. The van der Waals surface area contributed by atoms with Gasteiger partial charge in [0.1, 0.15) is 6.54 Å². The summed E-state index contributed by atoms with van der Waals surface area (Å²) in [5.74, 6) is -2.87. The largest absolute Gasteiger partial charge is 0.479 e. The average molecular weight is 452 g/mol. The van der Waals surface area contributed by atoms with Crippen LogP contribution >= 0.6 is 23.2 Å². The zero-order valence-corrected chi connectivity index (χ0v) is 17.8. The number of hydrogen-bond donors (Lipinski definition) is 5. The van der Waals surface area contributed by atoms with Gasteiger partial charge in [-0.1, -0.05) is 30.1 Å². The molecule has 1 aromatic rings. The number of carbonyl (C=O) groups is 2. The minimum absolute atomic E-state index is 0.668. The molecule has 29 heavy (non-hydrogen) atoms. The van der Waals surface area contributed by atoms with Crippen molar-refractivity contribution in [1.82, 2.24) is 0 Å². The van der Waals surface area contributed by atoms with Gasteiger partial charge in [0.05, 0.1) is 19.6 Å². The smallest absolute Gasteiger partial charge is 0.335 e. The number of aliphatic hydroxyl groups excluding tert-OH is 2. The van der Waals surface area contributed by atoms with Crippen LogP contribution in [0.2, 0.25) is 10.0 Å². The van der Waals surface area contributed by atoms with E-state index in [0.717, 1.165) is 27.6 Å². The molecule has 1 saturated heterocycles. The van der Waals surface area contributed by atoms with Gasteiger partial charge in [-0.2, -0.15) is 0 Å². The van der Waals surface area contributed by atoms with Crippen LogP contribution in [0, 0.1) is 5.92 Å². The maximum absolute atomic E-state index is 9.77. The summed E-state index contributed by atoms with van der Waals surface area (Å²) in [5.41, 5.74) is 7.08. The van der Waals surface area contributed by atoms with Gasteiger partial charge in [0.25, 0.3) is 0 Å². The molecule has 1 aliphatic heterocycles. The molecule has 1 aromatic carbocycles. The minimum atomic E-state index is -2.27. The summed E-state index contributed by atoms with van der Waals surface area (Å²) >= 11 is 12.2. The molecule has 10 heteroatoms. The van der Waals surface area contributed by atoms with E-state index in [9.17, 15) is 9.59 Å². The van der Waals surface area contributed by atoms with Gasteiger partial charge < -0.3 is 30.6 Å². The highest BCUT2D eigenvalue weighted by Crippen LogP contribution is 2.29. The molecule has 1 aliphatic rings. The Morgan fingerprint density at radius 3 is 2.03 bits per heavy atom. The zero-order valence-electron chi connectivity index (χ0n) is 16.3. The number of carboxylic acid groups (broad SMARTS) is 2. The van der Waals surface area contributed by atoms with E-state index in [0.29, 0.717) is 5.92 Å². The number of nitrogens with two attached hydrogens (primary N) is 1. The SMILES string of the molecule is CCC[N+]1(Cc2cc(Cl)cc(Cl)c2)CC[C@H](CN)C1.O=C(O)C(O)C(O)C(=O)O. The molecule has 164 valence electrons. The lowest BCUT2D eigenvalue weighted by Gasteiger charge is -2.34. The topological polar surface area (TPSA) is 141 Å². The molecule has 0 amide bonds. The van der Waals surface area contributed by atoms with Crippen LogP contribution < -0.4 is 5.73 Å². The Labute approximate surface area is 180 Å². The van der Waals surface area contributed by atoms with Crippen LogP contribution in [0.15, 0.2) is 18.2 Å². The summed E-state index contributed by atoms with van der Waals surface area (Å²) in [4.78, 5) is 19.5. The van der Waals surface area contributed by atoms with Crippen LogP contribution in [0.4, 0.5) is 0 Å². The Morgan fingerprint density at radius 2 is 1.66 bits per heavy atom. The number of benzene rings is 1. The van der Waals surface area contributed by atoms with Crippen molar-refractivity contribution in [2.24, 2.45) is 11.7 Å². The number of nitrogens with zero attached hydrogens (tertiary/aromatic N) is 1. The predicted molar refractivity (Wildman–Crippen MR) is 110 cm³/mol. The highest BCUT2D eigenvalue weighted by atomic mass is 35.5. The van der Waals surface area contributed by atoms with E-state index in [4.69, 9.17) is 49.4 Å². The molecule has 3 unspecified atom stereocenters. The van der Waals surface area contributed by atoms with Crippen molar-refractivity contribution in [2.75, 3.05) is 26.2 Å². The van der Waals surface area contributed by atoms with E-state index in [1.54, 1.807) is 6.07 Å². The first-order valence-electron chi connectivity index (χ1n) is 9.35. The second-order valence-corrected chi connectivity index (χ2v) is 8.24. The maximum Gasteiger partial charge on any atom is 0.335 e. The molecule has 0 saturated carbocycles. The summed E-state index contributed by atoms with van der Waals surface area (Å²) in [6.45, 7) is 7.69. The lowest BCUT2D eigenvalue weighted by atomic mass is 10.1. The number of likely N-dealkylation sites (tertiary alicyclic amines) is 1. The predicted octanol–water partition coefficient (Wildman–Crippen LogP) is 1.58. The summed E-state index contributed by atoms with van der Waals surface area (Å²) in [6, 6.07) is 5.88. The van der Waals surface area contributed by atoms with E-state index in [1.165, 1.54) is 38.0 Å². The van der Waals surface area contributed by atoms with Crippen molar-refractivity contribution in [2.45, 2.75) is 38.5 Å². The van der Waals surface area contributed by atoms with Crippen molar-refractivity contribution in [3.8, 4) is 0 Å². The molecule has 1 heterocycles. The zero-order chi connectivity index (χ0) is 22.2. The second-order valence-electron chi connectivity index (χ2n) is 7.36. The molecule has 1 fully saturated rings. The first-order chi connectivity index (χ1) is 13.5. The number of aliphatic hydroxyl groups is 2. The molecule has 0 aliphatic carbocycles. The molecular weight excluding hydrogens is 423 g/mol. The van der Waals surface area contributed by atoms with E-state index in [-0.39, 0.29) is 0 Å². The average Bonchev–Trinajstić information content (AvgIpc) is 3.03. The van der Waals surface area contributed by atoms with Crippen molar-refractivity contribution < 1.29 is 34.5 Å². The molecule has 2 rings (SSSR count). The Kier molecular flexibility index (Phi) is 10.3. The number of rotatable bonds is 8. The minimum Gasteiger partial charge on any atom is -0.479 e. The highest BCUT2D eigenvalue weighted by Gasteiger charge is 2.37. The van der Waals surface area contributed by atoms with Gasteiger partial charge in [-0.3, -0.25) is 0 Å². The molecule has 0 aromatic heterocycles. The molecule has 0 spiro atoms. The first-order valence-corrected chi connectivity index (χ1v) is 10.1. The highest BCUT2D eigenvalue weighted by molar-refractivity contribution is 6.34. The summed E-state index contributed by atoms with van der Waals surface area (Å²) in [7, 11) is 0. The normalized spacial score (nSPS) is 23.0. The number of hydrogen-bond acceptors (Lipinski definition) is 5. The van der Waals surface area contributed by atoms with Crippen LogP contribution in [0.5, 0.6) is 0 Å². The Balaban J connectivity index is 0.000000359. The molecule has 4 atom stereocenters. The third kappa shape index (κ3) is 8.08. The van der Waals surface area contributed by atoms with Crippen molar-refractivity contribution in [3.63, 3.8) is 0 Å². The van der Waals surface area contributed by atoms with E-state index < -0.39 is 24.1 Å². The van der Waals surface area contributed by atoms with Crippen molar-refractivity contribution in [3.05, 3.63) is 33.8 Å². The maximum atomic E-state index is 9.77. The summed E-state index contributed by atoms with van der Waals surface area (Å²) in [5, 5.41) is 34.0. The Bertz CT molecular complexity index is 667. The fraction of sp³-hybridized carbons (Fsp3) is 0.579. The number of halogens is 2. The fourth-order valence-electron chi connectivity index (χ4n) is 3.64.